The smallest absolute Gasteiger partial charge is 0.410 e. The Morgan fingerprint density at radius 2 is 2.08 bits per heavy atom. The van der Waals surface area contributed by atoms with E-state index in [4.69, 9.17) is 9.47 Å². The van der Waals surface area contributed by atoms with Gasteiger partial charge in [-0.2, -0.15) is 0 Å². The van der Waals surface area contributed by atoms with Crippen molar-refractivity contribution in [3.8, 4) is 0 Å². The van der Waals surface area contributed by atoms with Crippen molar-refractivity contribution in [2.45, 2.75) is 45.8 Å². The van der Waals surface area contributed by atoms with Crippen molar-refractivity contribution in [3.05, 3.63) is 20.3 Å². The first-order valence-corrected chi connectivity index (χ1v) is 10.8. The van der Waals surface area contributed by atoms with E-state index in [1.807, 2.05) is 20.8 Å². The minimum absolute atomic E-state index is 0.224. The largest absolute Gasteiger partial charge is 0.444 e. The highest BCUT2D eigenvalue weighted by Crippen LogP contribution is 2.34. The third-order valence-electron chi connectivity index (χ3n) is 3.88. The Kier molecular flexibility index (Phi) is 7.72. The standard InChI is InChI=1S/C17H24BrIN2O3S/c1-17(2,3)24-16(22)21-7-5-11(6-8-21)14(20-19)15-13(18)9-12(25-15)10-23-4/h9,11H,5-8,10H2,1-4H3/b20-14+. The van der Waals surface area contributed by atoms with E-state index in [9.17, 15) is 4.79 Å². The van der Waals surface area contributed by atoms with Crippen LogP contribution in [0.5, 0.6) is 0 Å². The van der Waals surface area contributed by atoms with Gasteiger partial charge in [0, 0.05) is 35.5 Å². The van der Waals surface area contributed by atoms with Crippen molar-refractivity contribution in [2.75, 3.05) is 20.2 Å². The minimum Gasteiger partial charge on any atom is -0.444 e. The molecule has 0 bridgehead atoms. The Morgan fingerprint density at radius 3 is 2.60 bits per heavy atom. The van der Waals surface area contributed by atoms with Gasteiger partial charge >= 0.3 is 6.09 Å². The molecule has 0 saturated carbocycles. The second kappa shape index (κ2) is 9.14. The molecule has 1 fully saturated rings. The summed E-state index contributed by atoms with van der Waals surface area (Å²) in [6.07, 6.45) is 1.56. The summed E-state index contributed by atoms with van der Waals surface area (Å²) in [6.45, 7) is 7.68. The number of likely N-dealkylation sites (tertiary alicyclic amines) is 1. The highest BCUT2D eigenvalue weighted by Gasteiger charge is 2.30. The van der Waals surface area contributed by atoms with Crippen LogP contribution >= 0.6 is 50.1 Å². The molecule has 1 aromatic heterocycles. The van der Waals surface area contributed by atoms with E-state index in [-0.39, 0.29) is 6.09 Å². The Labute approximate surface area is 175 Å². The second-order valence-electron chi connectivity index (χ2n) is 7.03. The van der Waals surface area contributed by atoms with Gasteiger partial charge in [0.25, 0.3) is 0 Å². The molecule has 0 atom stereocenters. The second-order valence-corrected chi connectivity index (χ2v) is 9.51. The molecule has 0 unspecified atom stereocenters. The van der Waals surface area contributed by atoms with Gasteiger partial charge in [-0.15, -0.1) is 11.3 Å². The van der Waals surface area contributed by atoms with Crippen LogP contribution in [0.2, 0.25) is 0 Å². The third kappa shape index (κ3) is 5.90. The summed E-state index contributed by atoms with van der Waals surface area (Å²) in [5.41, 5.74) is 0.645. The predicted molar refractivity (Wildman–Crippen MR) is 114 cm³/mol. The van der Waals surface area contributed by atoms with Gasteiger partial charge in [-0.1, -0.05) is 0 Å². The summed E-state index contributed by atoms with van der Waals surface area (Å²) < 4.78 is 16.3. The van der Waals surface area contributed by atoms with Crippen molar-refractivity contribution in [3.63, 3.8) is 0 Å². The number of rotatable bonds is 4. The van der Waals surface area contributed by atoms with Crippen LogP contribution in [-0.2, 0) is 16.1 Å². The molecule has 1 aromatic rings. The van der Waals surface area contributed by atoms with Crippen LogP contribution in [0.15, 0.2) is 13.7 Å². The number of ether oxygens (including phenoxy) is 2. The van der Waals surface area contributed by atoms with Crippen LogP contribution in [0, 0.1) is 5.92 Å². The molecular weight excluding hydrogens is 519 g/mol. The lowest BCUT2D eigenvalue weighted by atomic mass is 9.91. The van der Waals surface area contributed by atoms with Crippen molar-refractivity contribution in [1.82, 2.24) is 4.90 Å². The fourth-order valence-corrected chi connectivity index (χ4v) is 5.52. The Morgan fingerprint density at radius 1 is 1.44 bits per heavy atom. The van der Waals surface area contributed by atoms with Gasteiger partial charge in [0.2, 0.25) is 0 Å². The molecule has 8 heteroatoms. The Hall–Kier alpha value is -0.190. The number of thiophene rings is 1. The van der Waals surface area contributed by atoms with Gasteiger partial charge in [0.1, 0.15) is 5.60 Å². The van der Waals surface area contributed by atoms with Crippen LogP contribution < -0.4 is 0 Å². The number of nitrogens with zero attached hydrogens (tertiary/aromatic N) is 2. The molecule has 0 N–H and O–H groups in total. The highest BCUT2D eigenvalue weighted by molar-refractivity contribution is 14.1. The zero-order valence-electron chi connectivity index (χ0n) is 15.0. The van der Waals surface area contributed by atoms with Crippen LogP contribution in [0.25, 0.3) is 0 Å². The summed E-state index contributed by atoms with van der Waals surface area (Å²) in [5, 5.41) is 0. The molecule has 1 saturated heterocycles. The van der Waals surface area contributed by atoms with E-state index >= 15 is 0 Å². The van der Waals surface area contributed by atoms with E-state index in [1.165, 1.54) is 4.88 Å². The maximum absolute atomic E-state index is 12.2. The van der Waals surface area contributed by atoms with Gasteiger partial charge in [-0.05, 0) is 55.6 Å². The number of carbonyl (C=O) groups excluding carboxylic acids is 1. The van der Waals surface area contributed by atoms with Crippen molar-refractivity contribution in [1.29, 1.82) is 0 Å². The predicted octanol–water partition coefficient (Wildman–Crippen LogP) is 5.44. The molecule has 1 amide bonds. The van der Waals surface area contributed by atoms with Crippen LogP contribution in [0.3, 0.4) is 0 Å². The summed E-state index contributed by atoms with van der Waals surface area (Å²) >= 11 is 7.44. The van der Waals surface area contributed by atoms with Gasteiger partial charge in [0.05, 0.1) is 40.1 Å². The molecule has 0 radical (unpaired) electrons. The van der Waals surface area contributed by atoms with E-state index in [0.29, 0.717) is 25.6 Å². The molecule has 140 valence electrons. The molecular formula is C17H24BrIN2O3S. The lowest BCUT2D eigenvalue weighted by Crippen LogP contribution is -2.43. The SMILES string of the molecule is COCc1cc(Br)c(/C(=N/I)C2CCN(C(=O)OC(C)(C)C)CC2)s1. The fraction of sp³-hybridized carbons (Fsp3) is 0.647. The van der Waals surface area contributed by atoms with Gasteiger partial charge in [-0.3, -0.25) is 0 Å². The molecule has 1 aliphatic rings. The number of hydrogen-bond acceptors (Lipinski definition) is 5. The molecule has 0 aromatic carbocycles. The van der Waals surface area contributed by atoms with Crippen molar-refractivity contribution >= 4 is 61.9 Å². The van der Waals surface area contributed by atoms with Gasteiger partial charge < -0.3 is 14.4 Å². The first-order chi connectivity index (χ1) is 11.7. The van der Waals surface area contributed by atoms with E-state index in [2.05, 4.69) is 48.1 Å². The van der Waals surface area contributed by atoms with Crippen LogP contribution in [-0.4, -0.2) is 42.5 Å². The monoisotopic (exact) mass is 542 g/mol. The van der Waals surface area contributed by atoms with Crippen LogP contribution in [0.4, 0.5) is 4.79 Å². The molecule has 1 aliphatic heterocycles. The number of amides is 1. The quantitative estimate of drug-likeness (QED) is 0.376. The zero-order valence-corrected chi connectivity index (χ0v) is 19.5. The summed E-state index contributed by atoms with van der Waals surface area (Å²) in [6, 6.07) is 2.10. The maximum atomic E-state index is 12.2. The number of methoxy groups -OCH3 is 1. The first-order valence-electron chi connectivity index (χ1n) is 8.19. The van der Waals surface area contributed by atoms with Gasteiger partial charge in [-0.25, -0.2) is 8.00 Å². The molecule has 2 rings (SSSR count). The summed E-state index contributed by atoms with van der Waals surface area (Å²) in [5.74, 6) is 0.348. The third-order valence-corrected chi connectivity index (χ3v) is 6.42. The number of carbonyl (C=O) groups is 1. The summed E-state index contributed by atoms with van der Waals surface area (Å²) in [4.78, 5) is 16.3. The number of piperidine rings is 1. The minimum atomic E-state index is -0.456. The number of hydrogen-bond donors (Lipinski definition) is 0. The molecule has 5 nitrogen and oxygen atoms in total. The molecule has 0 aliphatic carbocycles. The fourth-order valence-electron chi connectivity index (χ4n) is 2.76. The van der Waals surface area contributed by atoms with E-state index in [1.54, 1.807) is 23.3 Å². The average Bonchev–Trinajstić information content (AvgIpc) is 2.88. The maximum Gasteiger partial charge on any atom is 0.410 e. The molecule has 25 heavy (non-hydrogen) atoms. The van der Waals surface area contributed by atoms with Gasteiger partial charge in [0.15, 0.2) is 0 Å². The lowest BCUT2D eigenvalue weighted by molar-refractivity contribution is 0.0202. The van der Waals surface area contributed by atoms with E-state index < -0.39 is 5.60 Å². The summed E-state index contributed by atoms with van der Waals surface area (Å²) in [7, 11) is 1.70. The van der Waals surface area contributed by atoms with Crippen molar-refractivity contribution < 1.29 is 14.3 Å². The topological polar surface area (TPSA) is 51.1 Å². The highest BCUT2D eigenvalue weighted by atomic mass is 127. The van der Waals surface area contributed by atoms with E-state index in [0.717, 1.165) is 27.9 Å². The van der Waals surface area contributed by atoms with Crippen molar-refractivity contribution in [2.24, 2.45) is 9.12 Å². The Balaban J connectivity index is 2.02. The van der Waals surface area contributed by atoms with Crippen LogP contribution in [0.1, 0.15) is 43.4 Å². The first kappa shape index (κ1) is 21.1. The molecule has 2 heterocycles. The average molecular weight is 543 g/mol. The molecule has 0 spiro atoms. The lowest BCUT2D eigenvalue weighted by Gasteiger charge is -2.33. The zero-order chi connectivity index (χ0) is 18.6. The normalized spacial score (nSPS) is 17.0. The Bertz CT molecular complexity index is 634. The number of halogens is 2.